The molecule has 2 aromatic carbocycles. The Hall–Kier alpha value is -3.02. The van der Waals surface area contributed by atoms with Crippen LogP contribution in [0, 0.1) is 11.6 Å². The van der Waals surface area contributed by atoms with Gasteiger partial charge in [-0.2, -0.15) is 5.10 Å². The number of amides is 1. The Kier molecular flexibility index (Phi) is 3.37. The number of aromatic nitrogens is 2. The van der Waals surface area contributed by atoms with Crippen molar-refractivity contribution in [2.45, 2.75) is 12.3 Å². The van der Waals surface area contributed by atoms with Crippen LogP contribution < -0.4 is 5.32 Å². The fourth-order valence-electron chi connectivity index (χ4n) is 3.04. The predicted octanol–water partition coefficient (Wildman–Crippen LogP) is 3.62. The molecule has 0 saturated carbocycles. The maximum atomic E-state index is 13.5. The first-order chi connectivity index (χ1) is 11.6. The Morgan fingerprint density at radius 2 is 1.83 bits per heavy atom. The van der Waals surface area contributed by atoms with Gasteiger partial charge in [0.2, 0.25) is 5.91 Å². The third-order valence-electron chi connectivity index (χ3n) is 4.12. The quantitative estimate of drug-likeness (QED) is 0.782. The molecule has 1 aromatic heterocycles. The molecule has 0 spiro atoms. The number of carbonyl (C=O) groups excluding carboxylic acids is 1. The highest BCUT2D eigenvalue weighted by molar-refractivity contribution is 5.94. The predicted molar refractivity (Wildman–Crippen MR) is 85.0 cm³/mol. The molecule has 0 radical (unpaired) electrons. The molecule has 1 atom stereocenters. The molecule has 3 aromatic rings. The van der Waals surface area contributed by atoms with Crippen LogP contribution in [0.25, 0.3) is 5.69 Å². The van der Waals surface area contributed by atoms with E-state index in [9.17, 15) is 13.6 Å². The highest BCUT2D eigenvalue weighted by atomic mass is 19.1. The van der Waals surface area contributed by atoms with Gasteiger partial charge in [0.15, 0.2) is 0 Å². The van der Waals surface area contributed by atoms with E-state index < -0.39 is 0 Å². The molecule has 1 aliphatic heterocycles. The summed E-state index contributed by atoms with van der Waals surface area (Å²) in [5.74, 6) is -0.717. The van der Waals surface area contributed by atoms with Crippen molar-refractivity contribution in [2.75, 3.05) is 5.32 Å². The van der Waals surface area contributed by atoms with E-state index in [1.54, 1.807) is 30.5 Å². The van der Waals surface area contributed by atoms with E-state index in [1.165, 1.54) is 28.9 Å². The number of halogens is 2. The molecule has 6 heteroatoms. The van der Waals surface area contributed by atoms with Gasteiger partial charge in [0, 0.05) is 17.9 Å². The van der Waals surface area contributed by atoms with Crippen molar-refractivity contribution in [2.24, 2.45) is 0 Å². The van der Waals surface area contributed by atoms with Gasteiger partial charge >= 0.3 is 0 Å². The van der Waals surface area contributed by atoms with Gasteiger partial charge in [-0.1, -0.05) is 18.2 Å². The third-order valence-corrected chi connectivity index (χ3v) is 4.12. The average Bonchev–Trinajstić information content (AvgIpc) is 2.97. The van der Waals surface area contributed by atoms with Crippen molar-refractivity contribution in [3.8, 4) is 5.69 Å². The molecule has 1 aliphatic rings. The Morgan fingerprint density at radius 3 is 2.58 bits per heavy atom. The minimum absolute atomic E-state index is 0.185. The second-order valence-corrected chi connectivity index (χ2v) is 5.70. The lowest BCUT2D eigenvalue weighted by molar-refractivity contribution is -0.116. The van der Waals surface area contributed by atoms with Gasteiger partial charge in [0.05, 0.1) is 11.9 Å². The standard InChI is InChI=1S/C18H13F2N3O/c19-12-4-1-3-11(7-12)15-9-17(24)22-18-16(15)10-21-23(18)14-6-2-5-13(20)8-14/h1-8,10,15H,9H2,(H,22,24). The summed E-state index contributed by atoms with van der Waals surface area (Å²) >= 11 is 0. The normalized spacial score (nSPS) is 16.6. The minimum Gasteiger partial charge on any atom is -0.310 e. The van der Waals surface area contributed by atoms with Crippen LogP contribution in [-0.4, -0.2) is 15.7 Å². The van der Waals surface area contributed by atoms with Gasteiger partial charge in [0.1, 0.15) is 17.5 Å². The zero-order valence-corrected chi connectivity index (χ0v) is 12.5. The van der Waals surface area contributed by atoms with Crippen LogP contribution >= 0.6 is 0 Å². The van der Waals surface area contributed by atoms with E-state index in [1.807, 2.05) is 0 Å². The number of hydrogen-bond acceptors (Lipinski definition) is 2. The summed E-state index contributed by atoms with van der Waals surface area (Å²) in [6.45, 7) is 0. The van der Waals surface area contributed by atoms with Crippen molar-refractivity contribution in [3.63, 3.8) is 0 Å². The molecule has 4 nitrogen and oxygen atoms in total. The second-order valence-electron chi connectivity index (χ2n) is 5.70. The average molecular weight is 325 g/mol. The highest BCUT2D eigenvalue weighted by Gasteiger charge is 2.30. The lowest BCUT2D eigenvalue weighted by Crippen LogP contribution is -2.24. The molecule has 1 amide bonds. The lowest BCUT2D eigenvalue weighted by Gasteiger charge is -2.23. The van der Waals surface area contributed by atoms with Gasteiger partial charge in [-0.15, -0.1) is 0 Å². The fraction of sp³-hybridized carbons (Fsp3) is 0.111. The number of rotatable bonds is 2. The summed E-state index contributed by atoms with van der Waals surface area (Å²) in [4.78, 5) is 12.1. The highest BCUT2D eigenvalue weighted by Crippen LogP contribution is 2.38. The van der Waals surface area contributed by atoms with Crippen molar-refractivity contribution < 1.29 is 13.6 Å². The topological polar surface area (TPSA) is 46.9 Å². The molecule has 0 fully saturated rings. The van der Waals surface area contributed by atoms with Gasteiger partial charge in [0.25, 0.3) is 0 Å². The number of nitrogens with zero attached hydrogens (tertiary/aromatic N) is 2. The van der Waals surface area contributed by atoms with Crippen LogP contribution in [0.3, 0.4) is 0 Å². The number of carbonyl (C=O) groups is 1. The first kappa shape index (κ1) is 14.6. The molecular weight excluding hydrogens is 312 g/mol. The largest absolute Gasteiger partial charge is 0.310 e. The Morgan fingerprint density at radius 1 is 1.08 bits per heavy atom. The summed E-state index contributed by atoms with van der Waals surface area (Å²) in [7, 11) is 0. The number of anilines is 1. The molecule has 0 saturated heterocycles. The molecule has 4 rings (SSSR count). The van der Waals surface area contributed by atoms with Crippen molar-refractivity contribution in [1.29, 1.82) is 0 Å². The molecule has 2 heterocycles. The van der Waals surface area contributed by atoms with Crippen molar-refractivity contribution in [3.05, 3.63) is 77.5 Å². The Labute approximate surface area is 136 Å². The molecule has 1 N–H and O–H groups in total. The van der Waals surface area contributed by atoms with Gasteiger partial charge in [-0.25, -0.2) is 13.5 Å². The zero-order chi connectivity index (χ0) is 16.7. The fourth-order valence-corrected chi connectivity index (χ4v) is 3.04. The van der Waals surface area contributed by atoms with Crippen LogP contribution in [-0.2, 0) is 4.79 Å². The van der Waals surface area contributed by atoms with Crippen LogP contribution in [0.1, 0.15) is 23.5 Å². The molecular formula is C18H13F2N3O. The van der Waals surface area contributed by atoms with Crippen LogP contribution in [0.4, 0.5) is 14.6 Å². The minimum atomic E-state index is -0.388. The number of hydrogen-bond donors (Lipinski definition) is 1. The Bertz CT molecular complexity index is 936. The molecule has 0 aliphatic carbocycles. The lowest BCUT2D eigenvalue weighted by atomic mass is 9.87. The third kappa shape index (κ3) is 2.46. The first-order valence-corrected chi connectivity index (χ1v) is 7.51. The Balaban J connectivity index is 1.83. The van der Waals surface area contributed by atoms with Crippen molar-refractivity contribution >= 4 is 11.7 Å². The number of nitrogens with one attached hydrogen (secondary N) is 1. The van der Waals surface area contributed by atoms with Crippen LogP contribution in [0.2, 0.25) is 0 Å². The SMILES string of the molecule is O=C1CC(c2cccc(F)c2)c2cnn(-c3cccc(F)c3)c2N1. The van der Waals surface area contributed by atoms with Gasteiger partial charge in [-0.05, 0) is 35.9 Å². The molecule has 1 unspecified atom stereocenters. The summed E-state index contributed by atoms with van der Waals surface area (Å²) in [5.41, 5.74) is 2.01. The summed E-state index contributed by atoms with van der Waals surface area (Å²) < 4.78 is 28.5. The number of benzene rings is 2. The van der Waals surface area contributed by atoms with E-state index in [-0.39, 0.29) is 29.9 Å². The smallest absolute Gasteiger partial charge is 0.226 e. The summed E-state index contributed by atoms with van der Waals surface area (Å²) in [6.07, 6.45) is 1.85. The molecule has 0 bridgehead atoms. The summed E-state index contributed by atoms with van der Waals surface area (Å²) in [6, 6.07) is 12.2. The van der Waals surface area contributed by atoms with Gasteiger partial charge in [-0.3, -0.25) is 4.79 Å². The maximum Gasteiger partial charge on any atom is 0.226 e. The van der Waals surface area contributed by atoms with E-state index in [4.69, 9.17) is 0 Å². The van der Waals surface area contributed by atoms with Gasteiger partial charge < -0.3 is 5.32 Å². The van der Waals surface area contributed by atoms with E-state index in [0.717, 1.165) is 5.56 Å². The molecule has 120 valence electrons. The van der Waals surface area contributed by atoms with E-state index >= 15 is 0 Å². The molecule has 24 heavy (non-hydrogen) atoms. The van der Waals surface area contributed by atoms with Crippen LogP contribution in [0.5, 0.6) is 0 Å². The number of fused-ring (bicyclic) bond motifs is 1. The zero-order valence-electron chi connectivity index (χ0n) is 12.5. The van der Waals surface area contributed by atoms with E-state index in [0.29, 0.717) is 17.1 Å². The van der Waals surface area contributed by atoms with Crippen molar-refractivity contribution in [1.82, 2.24) is 9.78 Å². The van der Waals surface area contributed by atoms with E-state index in [2.05, 4.69) is 10.4 Å². The maximum absolute atomic E-state index is 13.5. The monoisotopic (exact) mass is 325 g/mol. The first-order valence-electron chi connectivity index (χ1n) is 7.51. The van der Waals surface area contributed by atoms with Crippen LogP contribution in [0.15, 0.2) is 54.7 Å². The second kappa shape index (κ2) is 5.56. The summed E-state index contributed by atoms with van der Waals surface area (Å²) in [5, 5.41) is 7.07.